The van der Waals surface area contributed by atoms with Gasteiger partial charge in [-0.3, -0.25) is 4.79 Å². The molecule has 0 atom stereocenters. The maximum Gasteiger partial charge on any atom is 0.244 e. The summed E-state index contributed by atoms with van der Waals surface area (Å²) in [6.45, 7) is 7.56. The Balaban J connectivity index is 1.58. The van der Waals surface area contributed by atoms with Gasteiger partial charge in [0.15, 0.2) is 0 Å². The molecule has 4 rings (SSSR count). The monoisotopic (exact) mass is 469 g/mol. The number of ether oxygens (including phenoxy) is 2. The largest absolute Gasteiger partial charge is 0.494 e. The van der Waals surface area contributed by atoms with Crippen molar-refractivity contribution in [2.45, 2.75) is 27.2 Å². The van der Waals surface area contributed by atoms with E-state index in [0.717, 1.165) is 45.4 Å². The van der Waals surface area contributed by atoms with Gasteiger partial charge in [-0.25, -0.2) is 0 Å². The molecule has 5 nitrogen and oxygen atoms in total. The predicted octanol–water partition coefficient (Wildman–Crippen LogP) is 6.66. The Morgan fingerprint density at radius 2 is 1.71 bits per heavy atom. The molecular weight excluding hydrogens is 438 g/mol. The Labute approximate surface area is 206 Å². The second kappa shape index (κ2) is 11.4. The predicted molar refractivity (Wildman–Crippen MR) is 141 cm³/mol. The second-order valence-corrected chi connectivity index (χ2v) is 8.24. The summed E-state index contributed by atoms with van der Waals surface area (Å²) in [5.74, 6) is 1.40. The van der Waals surface area contributed by atoms with Gasteiger partial charge >= 0.3 is 0 Å². The van der Waals surface area contributed by atoms with E-state index in [1.165, 1.54) is 5.56 Å². The fourth-order valence-electron chi connectivity index (χ4n) is 4.06. The maximum absolute atomic E-state index is 12.6. The van der Waals surface area contributed by atoms with E-state index < -0.39 is 0 Å². The lowest BCUT2D eigenvalue weighted by Crippen LogP contribution is -2.23. The summed E-state index contributed by atoms with van der Waals surface area (Å²) in [6, 6.07) is 22.0. The van der Waals surface area contributed by atoms with Crippen LogP contribution >= 0.6 is 0 Å². The number of nitrogens with one attached hydrogen (secondary N) is 1. The minimum Gasteiger partial charge on any atom is -0.494 e. The van der Waals surface area contributed by atoms with E-state index in [9.17, 15) is 4.79 Å². The van der Waals surface area contributed by atoms with Crippen LogP contribution in [0, 0.1) is 0 Å². The number of amides is 1. The molecule has 1 amide bonds. The second-order valence-electron chi connectivity index (χ2n) is 8.24. The van der Waals surface area contributed by atoms with Gasteiger partial charge in [-0.15, -0.1) is 0 Å². The topological polar surface area (TPSA) is 60.7 Å². The summed E-state index contributed by atoms with van der Waals surface area (Å²) in [5.41, 5.74) is 5.63. The molecule has 1 aromatic heterocycles. The molecule has 0 aliphatic rings. The van der Waals surface area contributed by atoms with Crippen LogP contribution in [0.15, 0.2) is 83.5 Å². The smallest absolute Gasteiger partial charge is 0.244 e. The molecule has 1 N–H and O–H groups in total. The maximum atomic E-state index is 12.6. The molecule has 0 spiro atoms. The molecule has 3 aromatic carbocycles. The third-order valence-electron chi connectivity index (χ3n) is 5.78. The van der Waals surface area contributed by atoms with Crippen molar-refractivity contribution in [3.63, 3.8) is 0 Å². The van der Waals surface area contributed by atoms with Crippen molar-refractivity contribution in [2.75, 3.05) is 19.8 Å². The van der Waals surface area contributed by atoms with Gasteiger partial charge in [-0.1, -0.05) is 42.5 Å². The highest BCUT2D eigenvalue weighted by atomic mass is 16.5. The van der Waals surface area contributed by atoms with Gasteiger partial charge in [0.2, 0.25) is 5.91 Å². The molecule has 180 valence electrons. The summed E-state index contributed by atoms with van der Waals surface area (Å²) in [4.78, 5) is 12.6. The first-order valence-electron chi connectivity index (χ1n) is 12.0. The zero-order chi connectivity index (χ0) is 24.6. The van der Waals surface area contributed by atoms with Gasteiger partial charge in [0.05, 0.1) is 19.5 Å². The Hall–Kier alpha value is -3.99. The summed E-state index contributed by atoms with van der Waals surface area (Å²) >= 11 is 0. The van der Waals surface area contributed by atoms with Crippen LogP contribution in [0.2, 0.25) is 0 Å². The van der Waals surface area contributed by atoms with Gasteiger partial charge in [0, 0.05) is 35.2 Å². The molecular formula is C30H31NO4. The van der Waals surface area contributed by atoms with Crippen molar-refractivity contribution in [3.05, 3.63) is 90.2 Å². The quantitative estimate of drug-likeness (QED) is 0.264. The van der Waals surface area contributed by atoms with Crippen LogP contribution in [0.4, 0.5) is 0 Å². The average Bonchev–Trinajstić information content (AvgIpc) is 3.28. The van der Waals surface area contributed by atoms with Crippen molar-refractivity contribution < 1.29 is 18.7 Å². The molecule has 1 heterocycles. The third kappa shape index (κ3) is 5.93. The van der Waals surface area contributed by atoms with Crippen LogP contribution in [0.25, 0.3) is 27.7 Å². The zero-order valence-electron chi connectivity index (χ0n) is 20.5. The first kappa shape index (κ1) is 24.1. The number of hydrogen-bond acceptors (Lipinski definition) is 4. The van der Waals surface area contributed by atoms with E-state index >= 15 is 0 Å². The first-order chi connectivity index (χ1) is 17.1. The highest BCUT2D eigenvalue weighted by Crippen LogP contribution is 2.38. The Kier molecular flexibility index (Phi) is 7.88. The lowest BCUT2D eigenvalue weighted by atomic mass is 9.99. The standard InChI is InChI=1S/C30H31NO4/c1-4-33-24-13-11-23(12-14-24)27-20-35-29-19-28(34-5-2)25(18-26(27)29)21(3)17-30(32)31-16-15-22-9-7-6-8-10-22/h6-14,17-20H,4-5,15-16H2,1-3H3,(H,31,32)/b21-17+. The highest BCUT2D eigenvalue weighted by molar-refractivity contribution is 6.00. The van der Waals surface area contributed by atoms with Crippen molar-refractivity contribution in [3.8, 4) is 22.6 Å². The first-order valence-corrected chi connectivity index (χ1v) is 12.0. The summed E-state index contributed by atoms with van der Waals surface area (Å²) in [7, 11) is 0. The number of carbonyl (C=O) groups excluding carboxylic acids is 1. The molecule has 5 heteroatoms. The van der Waals surface area contributed by atoms with E-state index in [4.69, 9.17) is 13.9 Å². The molecule has 0 radical (unpaired) electrons. The summed E-state index contributed by atoms with van der Waals surface area (Å²) in [5, 5.41) is 3.94. The molecule has 0 aliphatic carbocycles. The Bertz CT molecular complexity index is 1300. The zero-order valence-corrected chi connectivity index (χ0v) is 20.5. The highest BCUT2D eigenvalue weighted by Gasteiger charge is 2.15. The molecule has 0 saturated heterocycles. The third-order valence-corrected chi connectivity index (χ3v) is 5.78. The van der Waals surface area contributed by atoms with Gasteiger partial charge < -0.3 is 19.2 Å². The normalized spacial score (nSPS) is 11.5. The van der Waals surface area contributed by atoms with E-state index in [0.29, 0.717) is 25.5 Å². The van der Waals surface area contributed by atoms with Crippen LogP contribution in [-0.2, 0) is 11.2 Å². The minimum atomic E-state index is -0.125. The average molecular weight is 470 g/mol. The Morgan fingerprint density at radius 1 is 0.971 bits per heavy atom. The number of allylic oxidation sites excluding steroid dienone is 1. The van der Waals surface area contributed by atoms with Crippen molar-refractivity contribution in [2.24, 2.45) is 0 Å². The molecule has 35 heavy (non-hydrogen) atoms. The lowest BCUT2D eigenvalue weighted by Gasteiger charge is -2.12. The van der Waals surface area contributed by atoms with Crippen molar-refractivity contribution >= 4 is 22.4 Å². The van der Waals surface area contributed by atoms with Gasteiger partial charge in [-0.05, 0) is 62.1 Å². The summed E-state index contributed by atoms with van der Waals surface area (Å²) < 4.78 is 17.3. The summed E-state index contributed by atoms with van der Waals surface area (Å²) in [6.07, 6.45) is 4.18. The van der Waals surface area contributed by atoms with Crippen LogP contribution in [-0.4, -0.2) is 25.7 Å². The molecule has 0 bridgehead atoms. The van der Waals surface area contributed by atoms with Crippen LogP contribution in [0.3, 0.4) is 0 Å². The Morgan fingerprint density at radius 3 is 2.43 bits per heavy atom. The fraction of sp³-hybridized carbons (Fsp3) is 0.233. The van der Waals surface area contributed by atoms with Crippen LogP contribution in [0.5, 0.6) is 11.5 Å². The van der Waals surface area contributed by atoms with E-state index in [2.05, 4.69) is 17.4 Å². The minimum absolute atomic E-state index is 0.125. The number of rotatable bonds is 10. The van der Waals surface area contributed by atoms with Crippen LogP contribution < -0.4 is 14.8 Å². The van der Waals surface area contributed by atoms with Gasteiger partial charge in [-0.2, -0.15) is 0 Å². The van der Waals surface area contributed by atoms with E-state index in [1.54, 1.807) is 12.3 Å². The molecule has 0 aliphatic heterocycles. The van der Waals surface area contributed by atoms with E-state index in [1.807, 2.05) is 75.4 Å². The SMILES string of the molecule is CCOc1ccc(-c2coc3cc(OCC)c(/C(C)=C/C(=O)NCCc4ccccc4)cc23)cc1. The molecule has 4 aromatic rings. The number of fused-ring (bicyclic) bond motifs is 1. The van der Waals surface area contributed by atoms with Crippen molar-refractivity contribution in [1.82, 2.24) is 5.32 Å². The fourth-order valence-corrected chi connectivity index (χ4v) is 4.06. The number of carbonyl (C=O) groups is 1. The van der Waals surface area contributed by atoms with Crippen LogP contribution in [0.1, 0.15) is 31.9 Å². The number of hydrogen-bond donors (Lipinski definition) is 1. The lowest BCUT2D eigenvalue weighted by molar-refractivity contribution is -0.116. The van der Waals surface area contributed by atoms with Gasteiger partial charge in [0.1, 0.15) is 17.1 Å². The van der Waals surface area contributed by atoms with E-state index in [-0.39, 0.29) is 5.91 Å². The molecule has 0 fully saturated rings. The molecule has 0 saturated carbocycles. The number of benzene rings is 3. The van der Waals surface area contributed by atoms with Crippen molar-refractivity contribution in [1.29, 1.82) is 0 Å². The van der Waals surface area contributed by atoms with Gasteiger partial charge in [0.25, 0.3) is 0 Å². The number of furan rings is 1. The molecule has 0 unspecified atom stereocenters.